The van der Waals surface area contributed by atoms with Crippen molar-refractivity contribution in [1.29, 1.82) is 0 Å². The second kappa shape index (κ2) is 13.1. The molecule has 2 amide bonds. The molecule has 0 aliphatic heterocycles. The highest BCUT2D eigenvalue weighted by Crippen LogP contribution is 2.34. The van der Waals surface area contributed by atoms with Crippen molar-refractivity contribution in [1.82, 2.24) is 20.1 Å². The molecule has 220 valence electrons. The van der Waals surface area contributed by atoms with E-state index in [0.717, 1.165) is 46.0 Å². The zero-order valence-corrected chi connectivity index (χ0v) is 23.2. The Balaban J connectivity index is 1.23. The molecule has 0 aliphatic carbocycles. The number of carbonyl (C=O) groups is 1. The molecule has 0 spiro atoms. The summed E-state index contributed by atoms with van der Waals surface area (Å²) in [6, 6.07) is 25.3. The van der Waals surface area contributed by atoms with Gasteiger partial charge in [-0.2, -0.15) is 18.3 Å². The van der Waals surface area contributed by atoms with Gasteiger partial charge in [-0.3, -0.25) is 0 Å². The van der Waals surface area contributed by atoms with E-state index < -0.39 is 17.8 Å². The maximum Gasteiger partial charge on any atom is 0.416 e. The number of para-hydroxylation sites is 1. The highest BCUT2D eigenvalue weighted by molar-refractivity contribution is 5.89. The third-order valence-electron chi connectivity index (χ3n) is 6.54. The second-order valence-corrected chi connectivity index (χ2v) is 9.57. The number of halogens is 3. The quantitative estimate of drug-likeness (QED) is 0.150. The molecule has 0 unspecified atom stereocenters. The van der Waals surface area contributed by atoms with Gasteiger partial charge in [0, 0.05) is 42.3 Å². The minimum absolute atomic E-state index is 0.0652. The summed E-state index contributed by atoms with van der Waals surface area (Å²) in [5, 5.41) is 13.2. The lowest BCUT2D eigenvalue weighted by Gasteiger charge is -2.11. The Bertz CT molecular complexity index is 1690. The molecule has 2 heterocycles. The molecule has 0 bridgehead atoms. The highest BCUT2D eigenvalue weighted by Gasteiger charge is 2.30. The maximum atomic E-state index is 12.9. The van der Waals surface area contributed by atoms with Gasteiger partial charge >= 0.3 is 12.2 Å². The Kier molecular flexibility index (Phi) is 8.90. The van der Waals surface area contributed by atoms with E-state index in [1.54, 1.807) is 13.3 Å². The fraction of sp³-hybridized carbons (Fsp3) is 0.156. The number of amides is 2. The first-order valence-electron chi connectivity index (χ1n) is 13.5. The van der Waals surface area contributed by atoms with Gasteiger partial charge in [-0.05, 0) is 66.6 Å². The molecule has 0 radical (unpaired) electrons. The lowest BCUT2D eigenvalue weighted by atomic mass is 10.0. The number of anilines is 2. The molecule has 11 heteroatoms. The summed E-state index contributed by atoms with van der Waals surface area (Å²) < 4.78 is 46.0. The molecule has 2 aromatic heterocycles. The number of nitrogens with zero attached hydrogens (tertiary/aromatic N) is 3. The number of urea groups is 1. The Morgan fingerprint density at radius 1 is 0.907 bits per heavy atom. The number of rotatable bonds is 10. The molecule has 0 aliphatic rings. The van der Waals surface area contributed by atoms with Gasteiger partial charge in [-0.25, -0.2) is 14.5 Å². The Hall–Kier alpha value is -5.32. The number of benzene rings is 3. The fourth-order valence-corrected chi connectivity index (χ4v) is 4.43. The van der Waals surface area contributed by atoms with Gasteiger partial charge in [0.25, 0.3) is 0 Å². The molecule has 5 rings (SSSR count). The lowest BCUT2D eigenvalue weighted by molar-refractivity contribution is -0.137. The standard InChI is InChI=1S/C32H29F3N6O2/c1-43-27-13-5-8-23(18-27)30-28(21-41(40-30)26-11-3-2-4-12-26)22-14-17-37-29(19-22)36-15-7-16-38-31(42)39-25-10-6-9-24(20-25)32(33,34)35/h2-6,8-14,17-21H,7,15-16H2,1H3,(H,36,37)(H2,38,39,42). The number of pyridine rings is 1. The monoisotopic (exact) mass is 586 g/mol. The highest BCUT2D eigenvalue weighted by atomic mass is 19.4. The molecule has 8 nitrogen and oxygen atoms in total. The number of aromatic nitrogens is 3. The van der Waals surface area contributed by atoms with Gasteiger partial charge in [-0.1, -0.05) is 36.4 Å². The van der Waals surface area contributed by atoms with Crippen LogP contribution in [0.2, 0.25) is 0 Å². The van der Waals surface area contributed by atoms with Crippen molar-refractivity contribution in [2.75, 3.05) is 30.8 Å². The number of nitrogens with one attached hydrogen (secondary N) is 3. The van der Waals surface area contributed by atoms with Crippen molar-refractivity contribution in [3.05, 3.63) is 109 Å². The van der Waals surface area contributed by atoms with Crippen LogP contribution in [0.5, 0.6) is 5.75 Å². The second-order valence-electron chi connectivity index (χ2n) is 9.57. The molecule has 43 heavy (non-hydrogen) atoms. The molecule has 0 atom stereocenters. The number of alkyl halides is 3. The van der Waals surface area contributed by atoms with Crippen molar-refractivity contribution in [2.24, 2.45) is 0 Å². The average molecular weight is 587 g/mol. The summed E-state index contributed by atoms with van der Waals surface area (Å²) in [4.78, 5) is 16.6. The number of hydrogen-bond acceptors (Lipinski definition) is 5. The lowest BCUT2D eigenvalue weighted by Crippen LogP contribution is -2.30. The van der Waals surface area contributed by atoms with Gasteiger partial charge in [0.05, 0.1) is 18.4 Å². The number of ether oxygens (including phenoxy) is 1. The molecular weight excluding hydrogens is 557 g/mol. The first-order chi connectivity index (χ1) is 20.8. The van der Waals surface area contributed by atoms with E-state index in [9.17, 15) is 18.0 Å². The SMILES string of the molecule is COc1cccc(-c2nn(-c3ccccc3)cc2-c2ccnc(NCCCNC(=O)Nc3cccc(C(F)(F)F)c3)c2)c1. The van der Waals surface area contributed by atoms with Crippen LogP contribution in [0, 0.1) is 0 Å². The summed E-state index contributed by atoms with van der Waals surface area (Å²) >= 11 is 0. The summed E-state index contributed by atoms with van der Waals surface area (Å²) in [5.41, 5.74) is 3.69. The molecule has 0 saturated heterocycles. The Labute approximate surface area is 246 Å². The summed E-state index contributed by atoms with van der Waals surface area (Å²) in [6.45, 7) is 0.813. The van der Waals surface area contributed by atoms with Crippen LogP contribution < -0.4 is 20.7 Å². The number of carbonyl (C=O) groups excluding carboxylic acids is 1. The largest absolute Gasteiger partial charge is 0.497 e. The predicted octanol–water partition coefficient (Wildman–Crippen LogP) is 7.25. The smallest absolute Gasteiger partial charge is 0.416 e. The van der Waals surface area contributed by atoms with Gasteiger partial charge in [0.2, 0.25) is 0 Å². The molecule has 3 aromatic carbocycles. The first kappa shape index (κ1) is 29.2. The average Bonchev–Trinajstić information content (AvgIpc) is 3.47. The number of hydrogen-bond donors (Lipinski definition) is 3. The van der Waals surface area contributed by atoms with E-state index in [1.165, 1.54) is 12.1 Å². The summed E-state index contributed by atoms with van der Waals surface area (Å²) in [7, 11) is 1.63. The van der Waals surface area contributed by atoms with E-state index in [1.807, 2.05) is 77.6 Å². The first-order valence-corrected chi connectivity index (χ1v) is 13.5. The third kappa shape index (κ3) is 7.50. The molecule has 0 saturated carbocycles. The van der Waals surface area contributed by atoms with Gasteiger partial charge in [0.15, 0.2) is 0 Å². The number of methoxy groups -OCH3 is 1. The molecule has 0 fully saturated rings. The normalized spacial score (nSPS) is 11.2. The predicted molar refractivity (Wildman–Crippen MR) is 160 cm³/mol. The van der Waals surface area contributed by atoms with Gasteiger partial charge in [0.1, 0.15) is 17.3 Å². The van der Waals surface area contributed by atoms with E-state index in [2.05, 4.69) is 20.9 Å². The van der Waals surface area contributed by atoms with Crippen LogP contribution in [0.3, 0.4) is 0 Å². The van der Waals surface area contributed by atoms with E-state index in [4.69, 9.17) is 9.84 Å². The van der Waals surface area contributed by atoms with Gasteiger partial charge in [-0.15, -0.1) is 0 Å². The molecular formula is C32H29F3N6O2. The zero-order chi connectivity index (χ0) is 30.2. The topological polar surface area (TPSA) is 93.1 Å². The Morgan fingerprint density at radius 3 is 2.51 bits per heavy atom. The van der Waals surface area contributed by atoms with Crippen LogP contribution >= 0.6 is 0 Å². The minimum Gasteiger partial charge on any atom is -0.497 e. The van der Waals surface area contributed by atoms with Crippen molar-refractivity contribution in [3.8, 4) is 33.8 Å². The van der Waals surface area contributed by atoms with Crippen LogP contribution in [-0.4, -0.2) is 41.0 Å². The van der Waals surface area contributed by atoms with Crippen LogP contribution in [0.1, 0.15) is 12.0 Å². The van der Waals surface area contributed by atoms with Crippen LogP contribution in [0.25, 0.3) is 28.1 Å². The Morgan fingerprint density at radius 2 is 1.72 bits per heavy atom. The zero-order valence-electron chi connectivity index (χ0n) is 23.2. The third-order valence-corrected chi connectivity index (χ3v) is 6.54. The van der Waals surface area contributed by atoms with Crippen molar-refractivity contribution >= 4 is 17.5 Å². The van der Waals surface area contributed by atoms with E-state index in [0.29, 0.717) is 25.3 Å². The fourth-order valence-electron chi connectivity index (χ4n) is 4.43. The van der Waals surface area contributed by atoms with Crippen molar-refractivity contribution in [3.63, 3.8) is 0 Å². The van der Waals surface area contributed by atoms with Crippen LogP contribution in [0.4, 0.5) is 29.5 Å². The van der Waals surface area contributed by atoms with Crippen molar-refractivity contribution in [2.45, 2.75) is 12.6 Å². The van der Waals surface area contributed by atoms with Crippen molar-refractivity contribution < 1.29 is 22.7 Å². The summed E-state index contributed by atoms with van der Waals surface area (Å²) in [5.74, 6) is 1.38. The minimum atomic E-state index is -4.48. The van der Waals surface area contributed by atoms with Crippen LogP contribution in [-0.2, 0) is 6.18 Å². The summed E-state index contributed by atoms with van der Waals surface area (Å²) in [6.07, 6.45) is -0.225. The maximum absolute atomic E-state index is 12.9. The van der Waals surface area contributed by atoms with E-state index >= 15 is 0 Å². The molecule has 3 N–H and O–H groups in total. The van der Waals surface area contributed by atoms with Crippen LogP contribution in [0.15, 0.2) is 103 Å². The van der Waals surface area contributed by atoms with E-state index in [-0.39, 0.29) is 5.69 Å². The molecule has 5 aromatic rings. The van der Waals surface area contributed by atoms with Gasteiger partial charge < -0.3 is 20.7 Å².